The van der Waals surface area contributed by atoms with Crippen LogP contribution in [0.2, 0.25) is 0 Å². The summed E-state index contributed by atoms with van der Waals surface area (Å²) in [5.41, 5.74) is 5.67. The second-order valence-corrected chi connectivity index (χ2v) is 23.5. The number of anilines is 1. The molecule has 28 heteroatoms. The number of nitrogens with zero attached hydrogens (tertiary/aromatic N) is 3. The van der Waals surface area contributed by atoms with Crippen LogP contribution in [0.25, 0.3) is 32.7 Å². The molecule has 524 valence electrons. The highest BCUT2D eigenvalue weighted by atomic mass is 19.1. The van der Waals surface area contributed by atoms with Gasteiger partial charge in [0, 0.05) is 98.7 Å². The zero-order chi connectivity index (χ0) is 73.3. The minimum atomic E-state index is -1.33. The average molecular weight is 1390 g/mol. The number of fused-ring (bicyclic) bond motifs is 3. The van der Waals surface area contributed by atoms with E-state index in [9.17, 15) is 61.4 Å². The second kappa shape index (κ2) is 30.7. The number of pyridine rings is 3. The van der Waals surface area contributed by atoms with Crippen molar-refractivity contribution in [2.24, 2.45) is 16.2 Å². The maximum Gasteiger partial charge on any atom is 0.319 e. The molecule has 0 unspecified atom stereocenters. The largest absolute Gasteiger partial charge is 0.496 e. The van der Waals surface area contributed by atoms with Crippen molar-refractivity contribution in [2.45, 2.75) is 58.3 Å². The smallest absolute Gasteiger partial charge is 0.319 e. The second-order valence-electron chi connectivity index (χ2n) is 23.5. The molecule has 3 fully saturated rings. The summed E-state index contributed by atoms with van der Waals surface area (Å²) in [6.07, 6.45) is 6.83. The molecule has 3 amide bonds. The van der Waals surface area contributed by atoms with Crippen molar-refractivity contribution < 1.29 is 99.7 Å². The number of nitrogens with one attached hydrogen (secondary N) is 3. The number of ether oxygens (including phenoxy) is 7. The Hall–Kier alpha value is -12.2. The number of carbonyl (C=O) groups is 9. The number of hydrogen-bond donors (Lipinski definition) is 6. The van der Waals surface area contributed by atoms with E-state index in [2.05, 4.69) is 30.9 Å². The zero-order valence-corrected chi connectivity index (χ0v) is 55.8. The lowest BCUT2D eigenvalue weighted by molar-refractivity contribution is -0.152. The van der Waals surface area contributed by atoms with Gasteiger partial charge in [0.05, 0.1) is 61.7 Å². The molecule has 3 aliphatic rings. The fourth-order valence-corrected chi connectivity index (χ4v) is 10.8. The SMILES string of the molecule is CC(=O)C1(C(=O)O)CC1.CNC(=O)c1cc2c(Oc3ccc(CC(=O)C4(C(=O)O)CC4)cc3F)ccnc2cc1OC.CNC(=O)c1cc2c(Oc3ccc(CC(=O)C4(C(=O)OC)CC4)cc3F)ccnc2cc1OC.CNC(=O)c1cc2c(Oc3ccc(N)cc3F)ccnc2cc1OC. The van der Waals surface area contributed by atoms with Gasteiger partial charge in [-0.25, -0.2) is 13.2 Å². The van der Waals surface area contributed by atoms with Crippen LogP contribution in [-0.2, 0) is 46.3 Å². The third-order valence-electron chi connectivity index (χ3n) is 17.2. The topological polar surface area (TPSA) is 359 Å². The number of amides is 3. The molecule has 6 aromatic carbocycles. The maximum absolute atomic E-state index is 14.9. The fraction of sp³-hybridized carbons (Fsp3) is 0.260. The van der Waals surface area contributed by atoms with E-state index in [1.54, 1.807) is 66.7 Å². The van der Waals surface area contributed by atoms with E-state index in [1.165, 1.54) is 111 Å². The van der Waals surface area contributed by atoms with Gasteiger partial charge in [0.2, 0.25) is 0 Å². The number of ketones is 3. The van der Waals surface area contributed by atoms with Gasteiger partial charge in [-0.3, -0.25) is 58.1 Å². The highest BCUT2D eigenvalue weighted by Gasteiger charge is 2.57. The number of carboxylic acid groups (broad SMARTS) is 2. The summed E-state index contributed by atoms with van der Waals surface area (Å²) in [4.78, 5) is 118. The number of nitrogen functional groups attached to an aromatic ring is 1. The van der Waals surface area contributed by atoms with Crippen LogP contribution >= 0.6 is 0 Å². The highest BCUT2D eigenvalue weighted by molar-refractivity contribution is 6.09. The molecule has 0 radical (unpaired) electrons. The summed E-state index contributed by atoms with van der Waals surface area (Å²) in [5, 5.41) is 26.9. The minimum absolute atomic E-state index is 0.0269. The normalized spacial score (nSPS) is 13.7. The van der Waals surface area contributed by atoms with Crippen molar-refractivity contribution in [3.05, 3.63) is 173 Å². The van der Waals surface area contributed by atoms with Crippen LogP contribution in [0.5, 0.6) is 51.7 Å². The fourth-order valence-electron chi connectivity index (χ4n) is 10.8. The molecule has 101 heavy (non-hydrogen) atoms. The third-order valence-corrected chi connectivity index (χ3v) is 17.2. The van der Waals surface area contributed by atoms with Gasteiger partial charge < -0.3 is 65.1 Å². The maximum atomic E-state index is 14.9. The molecule has 0 spiro atoms. The van der Waals surface area contributed by atoms with E-state index < -0.39 is 57.4 Å². The van der Waals surface area contributed by atoms with Crippen LogP contribution in [-0.4, -0.2) is 128 Å². The lowest BCUT2D eigenvalue weighted by Gasteiger charge is -2.14. The highest BCUT2D eigenvalue weighted by Crippen LogP contribution is 2.50. The Kier molecular flexibility index (Phi) is 22.2. The van der Waals surface area contributed by atoms with Crippen LogP contribution in [0.1, 0.15) is 87.6 Å². The van der Waals surface area contributed by atoms with E-state index in [-0.39, 0.29) is 76.3 Å². The Balaban J connectivity index is 0.000000167. The molecule has 3 aromatic heterocycles. The number of aliphatic carboxylic acids is 2. The first-order valence-electron chi connectivity index (χ1n) is 31.1. The van der Waals surface area contributed by atoms with Crippen LogP contribution in [0.3, 0.4) is 0 Å². The molecule has 3 aliphatic carbocycles. The molecule has 0 aliphatic heterocycles. The molecule has 9 aromatic rings. The zero-order valence-electron chi connectivity index (χ0n) is 55.8. The molecule has 0 bridgehead atoms. The Labute approximate surface area is 574 Å². The van der Waals surface area contributed by atoms with Gasteiger partial charge in [0.1, 0.15) is 56.5 Å². The molecule has 0 saturated heterocycles. The number of rotatable bonds is 22. The third kappa shape index (κ3) is 15.9. The van der Waals surface area contributed by atoms with E-state index in [0.29, 0.717) is 122 Å². The van der Waals surface area contributed by atoms with Crippen molar-refractivity contribution in [3.8, 4) is 51.7 Å². The van der Waals surface area contributed by atoms with Gasteiger partial charge in [-0.05, 0) is 129 Å². The Morgan fingerprint density at radius 3 is 1.03 bits per heavy atom. The predicted molar refractivity (Wildman–Crippen MR) is 359 cm³/mol. The van der Waals surface area contributed by atoms with Crippen molar-refractivity contribution in [1.29, 1.82) is 0 Å². The minimum Gasteiger partial charge on any atom is -0.496 e. The number of methoxy groups -OCH3 is 4. The van der Waals surface area contributed by atoms with Crippen molar-refractivity contribution in [1.82, 2.24) is 30.9 Å². The van der Waals surface area contributed by atoms with Crippen LogP contribution in [0.4, 0.5) is 18.9 Å². The summed E-state index contributed by atoms with van der Waals surface area (Å²) >= 11 is 0. The number of benzene rings is 6. The number of aromatic nitrogens is 3. The van der Waals surface area contributed by atoms with E-state index in [4.69, 9.17) is 44.0 Å². The van der Waals surface area contributed by atoms with Gasteiger partial charge in [-0.1, -0.05) is 12.1 Å². The molecule has 0 atom stereocenters. The summed E-state index contributed by atoms with van der Waals surface area (Å²) in [6, 6.07) is 26.7. The quantitative estimate of drug-likeness (QED) is 0.0208. The molecular formula is C73H68F3N7O18. The van der Waals surface area contributed by atoms with Crippen LogP contribution < -0.4 is 50.1 Å². The number of nitrogens with two attached hydrogens (primary N) is 1. The Bertz CT molecular complexity index is 4790. The summed E-state index contributed by atoms with van der Waals surface area (Å²) in [6.45, 7) is 1.33. The Morgan fingerprint density at radius 2 is 0.762 bits per heavy atom. The van der Waals surface area contributed by atoms with E-state index in [0.717, 1.165) is 6.07 Å². The standard InChI is InChI=1S/C25H23FN2O6.C24H21FN2O6.C18H16FN3O3.C6H8O3/c1-27-23(30)16-12-15-18(13-21(16)32-2)28-9-6-19(15)34-20-5-4-14(10-17(20)26)11-22(29)25(7-8-25)24(31)33-3;1-26-22(29)15-11-14-17(12-20(15)32-2)27-8-5-18(14)33-19-4-3-13(9-16(19)25)10-21(28)24(6-7-24)23(30)31;1-21-18(23)12-8-11-14(9-17(12)24-2)22-6-5-15(11)25-16-4-3-10(20)7-13(16)19;1-4(7)6(2-3-6)5(8)9/h4-6,9-10,12-13H,7-8,11H2,1-3H3,(H,27,30);3-5,8-9,11-12H,6-7,10H2,1-2H3,(H,26,29)(H,30,31);3-9H,20H2,1-2H3,(H,21,23);2-3H2,1H3,(H,8,9). The van der Waals surface area contributed by atoms with Gasteiger partial charge in [0.15, 0.2) is 46.3 Å². The lowest BCUT2D eigenvalue weighted by atomic mass is 9.95. The average Bonchev–Trinajstić information content (AvgIpc) is 1.82. The number of Topliss-reactive ketones (excluding diaryl/α,β-unsaturated/α-hetero) is 3. The summed E-state index contributed by atoms with van der Waals surface area (Å²) in [5.74, 6) is -4.68. The summed E-state index contributed by atoms with van der Waals surface area (Å²) < 4.78 is 81.5. The molecule has 7 N–H and O–H groups in total. The van der Waals surface area contributed by atoms with Gasteiger partial charge in [-0.15, -0.1) is 0 Å². The van der Waals surface area contributed by atoms with Gasteiger partial charge >= 0.3 is 17.9 Å². The summed E-state index contributed by atoms with van der Waals surface area (Å²) in [7, 11) is 10.1. The number of halogens is 3. The number of hydrogen-bond acceptors (Lipinski definition) is 20. The molecule has 3 heterocycles. The number of carbonyl (C=O) groups excluding carboxylic acids is 7. The van der Waals surface area contributed by atoms with E-state index >= 15 is 0 Å². The monoisotopic (exact) mass is 1390 g/mol. The molecular weight excluding hydrogens is 1320 g/mol. The van der Waals surface area contributed by atoms with Crippen molar-refractivity contribution in [2.75, 3.05) is 55.3 Å². The molecule has 3 saturated carbocycles. The van der Waals surface area contributed by atoms with E-state index in [1.807, 2.05) is 0 Å². The number of carboxylic acids is 2. The van der Waals surface area contributed by atoms with Gasteiger partial charge in [0.25, 0.3) is 17.7 Å². The van der Waals surface area contributed by atoms with Crippen molar-refractivity contribution in [3.63, 3.8) is 0 Å². The van der Waals surface area contributed by atoms with Crippen LogP contribution in [0.15, 0.2) is 128 Å². The first-order chi connectivity index (χ1) is 48.2. The number of esters is 1. The lowest BCUT2D eigenvalue weighted by Crippen LogP contribution is -2.28. The molecule has 12 rings (SSSR count). The first-order valence-corrected chi connectivity index (χ1v) is 31.1. The Morgan fingerprint density at radius 1 is 0.436 bits per heavy atom. The van der Waals surface area contributed by atoms with Crippen molar-refractivity contribution >= 4 is 91.4 Å². The van der Waals surface area contributed by atoms with Crippen LogP contribution in [0, 0.1) is 33.7 Å². The first kappa shape index (κ1) is 73.0. The predicted octanol–water partition coefficient (Wildman–Crippen LogP) is 10.7. The van der Waals surface area contributed by atoms with Gasteiger partial charge in [-0.2, -0.15) is 0 Å². The molecule has 25 nitrogen and oxygen atoms in total.